The summed E-state index contributed by atoms with van der Waals surface area (Å²) in [7, 11) is 6.64. The first kappa shape index (κ1) is 18.4. The van der Waals surface area contributed by atoms with Crippen LogP contribution in [0.15, 0.2) is 23.2 Å². The van der Waals surface area contributed by atoms with Gasteiger partial charge in [0.05, 0.1) is 39.1 Å². The zero-order valence-corrected chi connectivity index (χ0v) is 15.3. The number of aryl methyl sites for hydroxylation is 2. The van der Waals surface area contributed by atoms with Crippen LogP contribution in [-0.2, 0) is 20.0 Å². The number of nitrogens with two attached hydrogens (primary N) is 1. The summed E-state index contributed by atoms with van der Waals surface area (Å²) in [6.07, 6.45) is 0.797. The lowest BCUT2D eigenvalue weighted by atomic mass is 10.2. The van der Waals surface area contributed by atoms with Crippen molar-refractivity contribution < 1.29 is 14.2 Å². The molecule has 1 aromatic heterocycles. The van der Waals surface area contributed by atoms with Crippen molar-refractivity contribution in [2.75, 3.05) is 26.6 Å². The Balaban J connectivity index is 2.15. The quantitative estimate of drug-likeness (QED) is 0.587. The fourth-order valence-corrected chi connectivity index (χ4v) is 2.57. The molecule has 0 unspecified atom stereocenters. The number of methoxy groups -OCH3 is 3. The average Bonchev–Trinajstić information content (AvgIpc) is 2.94. The molecular weight excluding hydrogens is 322 g/mol. The van der Waals surface area contributed by atoms with Gasteiger partial charge in [-0.1, -0.05) is 6.92 Å². The van der Waals surface area contributed by atoms with Crippen molar-refractivity contribution >= 4 is 11.6 Å². The van der Waals surface area contributed by atoms with Crippen LogP contribution in [0.3, 0.4) is 0 Å². The molecule has 0 aliphatic carbocycles. The van der Waals surface area contributed by atoms with Gasteiger partial charge in [-0.2, -0.15) is 5.10 Å². The van der Waals surface area contributed by atoms with Gasteiger partial charge in [-0.05, 0) is 18.6 Å². The normalized spacial score (nSPS) is 11.3. The molecule has 2 rings (SSSR count). The predicted molar refractivity (Wildman–Crippen MR) is 97.6 cm³/mol. The molecule has 2 aromatic rings. The molecule has 0 fully saturated rings. The second kappa shape index (κ2) is 8.27. The molecule has 1 heterocycles. The number of aromatic nitrogens is 2. The molecule has 1 aromatic carbocycles. The topological polar surface area (TPSA) is 95.9 Å². The van der Waals surface area contributed by atoms with Crippen LogP contribution < -0.4 is 25.3 Å². The van der Waals surface area contributed by atoms with Gasteiger partial charge in [0, 0.05) is 18.8 Å². The van der Waals surface area contributed by atoms with E-state index in [9.17, 15) is 0 Å². The van der Waals surface area contributed by atoms with Crippen molar-refractivity contribution in [3.05, 3.63) is 29.5 Å². The van der Waals surface area contributed by atoms with Gasteiger partial charge >= 0.3 is 0 Å². The van der Waals surface area contributed by atoms with Crippen LogP contribution in [0.2, 0.25) is 0 Å². The van der Waals surface area contributed by atoms with Gasteiger partial charge in [-0.3, -0.25) is 0 Å². The van der Waals surface area contributed by atoms with Crippen molar-refractivity contribution in [2.45, 2.75) is 19.9 Å². The molecule has 0 radical (unpaired) electrons. The number of rotatable bonds is 7. The Bertz CT molecular complexity index is 755. The molecule has 8 nitrogen and oxygen atoms in total. The molecule has 0 aliphatic heterocycles. The van der Waals surface area contributed by atoms with Crippen LogP contribution in [0.5, 0.6) is 17.4 Å². The number of nitrogens with zero attached hydrogens (tertiary/aromatic N) is 3. The van der Waals surface area contributed by atoms with Crippen molar-refractivity contribution in [1.29, 1.82) is 0 Å². The fourth-order valence-electron chi connectivity index (χ4n) is 2.57. The summed E-state index contributed by atoms with van der Waals surface area (Å²) in [6, 6.07) is 5.43. The summed E-state index contributed by atoms with van der Waals surface area (Å²) < 4.78 is 17.6. The summed E-state index contributed by atoms with van der Waals surface area (Å²) in [5, 5.41) is 7.48. The maximum atomic E-state index is 6.00. The third kappa shape index (κ3) is 4.14. The van der Waals surface area contributed by atoms with E-state index >= 15 is 0 Å². The van der Waals surface area contributed by atoms with Crippen LogP contribution in [0, 0.1) is 0 Å². The molecule has 0 atom stereocenters. The first-order valence-corrected chi connectivity index (χ1v) is 7.91. The molecule has 0 saturated carbocycles. The second-order valence-corrected chi connectivity index (χ2v) is 5.31. The first-order chi connectivity index (χ1) is 12.0. The zero-order valence-electron chi connectivity index (χ0n) is 15.3. The van der Waals surface area contributed by atoms with Crippen LogP contribution in [0.25, 0.3) is 0 Å². The molecule has 0 bridgehead atoms. The van der Waals surface area contributed by atoms with E-state index in [0.717, 1.165) is 23.4 Å². The predicted octanol–water partition coefficient (Wildman–Crippen LogP) is 1.94. The number of aliphatic imine (C=N–C) groups is 1. The molecule has 0 aliphatic rings. The van der Waals surface area contributed by atoms with Gasteiger partial charge in [-0.25, -0.2) is 9.67 Å². The van der Waals surface area contributed by atoms with E-state index in [1.807, 2.05) is 20.0 Å². The third-order valence-electron chi connectivity index (χ3n) is 3.76. The van der Waals surface area contributed by atoms with Crippen LogP contribution in [0.4, 0.5) is 5.69 Å². The lowest BCUT2D eigenvalue weighted by Crippen LogP contribution is -2.22. The number of nitrogens with one attached hydrogen (secondary N) is 1. The zero-order chi connectivity index (χ0) is 18.4. The molecule has 0 saturated heterocycles. The highest BCUT2D eigenvalue weighted by Crippen LogP contribution is 2.29. The minimum Gasteiger partial charge on any atom is -0.493 e. The van der Waals surface area contributed by atoms with E-state index < -0.39 is 0 Å². The molecule has 8 heteroatoms. The number of benzene rings is 1. The van der Waals surface area contributed by atoms with Crippen LogP contribution >= 0.6 is 0 Å². The number of guanidine groups is 1. The van der Waals surface area contributed by atoms with E-state index in [2.05, 4.69) is 15.4 Å². The minimum absolute atomic E-state index is 0.292. The van der Waals surface area contributed by atoms with Gasteiger partial charge in [-0.15, -0.1) is 0 Å². The Hall–Kier alpha value is -2.90. The van der Waals surface area contributed by atoms with Crippen molar-refractivity contribution in [3.63, 3.8) is 0 Å². The fraction of sp³-hybridized carbons (Fsp3) is 0.412. The standard InChI is InChI=1S/C17H25N5O3/c1-6-13-12(16(25-5)22(2)21-13)10-19-17(18)20-11-7-8-14(23-3)15(9-11)24-4/h7-9H,6,10H2,1-5H3,(H3,18,19,20). The van der Waals surface area contributed by atoms with E-state index in [-0.39, 0.29) is 0 Å². The Labute approximate surface area is 147 Å². The number of ether oxygens (including phenoxy) is 3. The summed E-state index contributed by atoms with van der Waals surface area (Å²) in [4.78, 5) is 4.40. The maximum absolute atomic E-state index is 6.00. The Morgan fingerprint density at radius 3 is 2.52 bits per heavy atom. The maximum Gasteiger partial charge on any atom is 0.216 e. The van der Waals surface area contributed by atoms with Gasteiger partial charge in [0.2, 0.25) is 5.88 Å². The number of hydrogen-bond donors (Lipinski definition) is 2. The van der Waals surface area contributed by atoms with Crippen LogP contribution in [-0.4, -0.2) is 37.1 Å². The Kier molecular flexibility index (Phi) is 6.10. The monoisotopic (exact) mass is 347 g/mol. The Morgan fingerprint density at radius 2 is 1.92 bits per heavy atom. The third-order valence-corrected chi connectivity index (χ3v) is 3.76. The van der Waals surface area contributed by atoms with Gasteiger partial charge in [0.15, 0.2) is 17.5 Å². The van der Waals surface area contributed by atoms with E-state index in [1.54, 1.807) is 38.1 Å². The van der Waals surface area contributed by atoms with E-state index in [0.29, 0.717) is 29.9 Å². The molecule has 136 valence electrons. The largest absolute Gasteiger partial charge is 0.493 e. The van der Waals surface area contributed by atoms with Crippen molar-refractivity contribution in [3.8, 4) is 17.4 Å². The van der Waals surface area contributed by atoms with E-state index in [4.69, 9.17) is 19.9 Å². The molecule has 0 amide bonds. The highest BCUT2D eigenvalue weighted by atomic mass is 16.5. The highest BCUT2D eigenvalue weighted by molar-refractivity contribution is 5.92. The number of hydrogen-bond acceptors (Lipinski definition) is 5. The summed E-state index contributed by atoms with van der Waals surface area (Å²) in [5.74, 6) is 2.25. The molecule has 25 heavy (non-hydrogen) atoms. The van der Waals surface area contributed by atoms with Crippen molar-refractivity contribution in [2.24, 2.45) is 17.8 Å². The van der Waals surface area contributed by atoms with Crippen molar-refractivity contribution in [1.82, 2.24) is 9.78 Å². The van der Waals surface area contributed by atoms with Gasteiger partial charge < -0.3 is 25.3 Å². The summed E-state index contributed by atoms with van der Waals surface area (Å²) >= 11 is 0. The molecular formula is C17H25N5O3. The second-order valence-electron chi connectivity index (χ2n) is 5.31. The van der Waals surface area contributed by atoms with E-state index in [1.165, 1.54) is 0 Å². The van der Waals surface area contributed by atoms with Crippen LogP contribution in [0.1, 0.15) is 18.2 Å². The summed E-state index contributed by atoms with van der Waals surface area (Å²) in [5.41, 5.74) is 8.64. The molecule has 0 spiro atoms. The smallest absolute Gasteiger partial charge is 0.216 e. The lowest BCUT2D eigenvalue weighted by Gasteiger charge is -2.11. The summed E-state index contributed by atoms with van der Waals surface area (Å²) in [6.45, 7) is 2.42. The number of anilines is 1. The first-order valence-electron chi connectivity index (χ1n) is 7.91. The SMILES string of the molecule is CCc1nn(C)c(OC)c1CN=C(N)Nc1ccc(OC)c(OC)c1. The minimum atomic E-state index is 0.292. The average molecular weight is 347 g/mol. The highest BCUT2D eigenvalue weighted by Gasteiger charge is 2.15. The van der Waals surface area contributed by atoms with Gasteiger partial charge in [0.25, 0.3) is 0 Å². The Morgan fingerprint density at radius 1 is 1.20 bits per heavy atom. The van der Waals surface area contributed by atoms with Gasteiger partial charge in [0.1, 0.15) is 0 Å². The lowest BCUT2D eigenvalue weighted by molar-refractivity contribution is 0.355. The molecule has 3 N–H and O–H groups in total.